The summed E-state index contributed by atoms with van der Waals surface area (Å²) < 4.78 is 4.18. The molecule has 3 nitrogen and oxygen atoms in total. The number of methoxy groups -OCH3 is 1. The monoisotopic (exact) mass is 156 g/mol. The summed E-state index contributed by atoms with van der Waals surface area (Å²) in [5, 5.41) is 0. The molecule has 0 fully saturated rings. The summed E-state index contributed by atoms with van der Waals surface area (Å²) in [6.07, 6.45) is 0. The first-order valence-corrected chi connectivity index (χ1v) is 2.71. The molecule has 0 aromatic carbocycles. The predicted octanol–water partition coefficient (Wildman–Crippen LogP) is -0.532. The van der Waals surface area contributed by atoms with Crippen LogP contribution in [-0.4, -0.2) is 41.9 Å². The molecule has 0 heterocycles. The molecule has 0 radical (unpaired) electrons. The van der Waals surface area contributed by atoms with Gasteiger partial charge in [-0.15, -0.1) is 0 Å². The minimum absolute atomic E-state index is 0. The molecule has 0 amide bonds. The molecule has 0 rings (SSSR count). The average molecular weight is 156 g/mol. The Labute approximate surface area is 76.3 Å². The number of esters is 1. The van der Waals surface area contributed by atoms with Gasteiger partial charge >= 0.3 is 29.0 Å². The highest BCUT2D eigenvalue weighted by Crippen LogP contribution is 1.94. The second-order valence-electron chi connectivity index (χ2n) is 2.01. The van der Waals surface area contributed by atoms with Crippen LogP contribution in [0.1, 0.15) is 13.8 Å². The van der Waals surface area contributed by atoms with E-state index < -0.39 is 11.8 Å². The highest BCUT2D eigenvalue weighted by molar-refractivity contribution is 6.34. The third kappa shape index (κ3) is 3.84. The van der Waals surface area contributed by atoms with Gasteiger partial charge in [0.25, 0.3) is 0 Å². The summed E-state index contributed by atoms with van der Waals surface area (Å²) >= 11 is 0. The smallest absolute Gasteiger partial charge is 0.374 e. The van der Waals surface area contributed by atoms with Crippen molar-refractivity contribution in [1.29, 1.82) is 0 Å². The SMILES string of the molecule is COC(=O)C(=O)C(C)C.[MgH2]. The molecule has 0 aliphatic heterocycles. The summed E-state index contributed by atoms with van der Waals surface area (Å²) in [6, 6.07) is 0. The van der Waals surface area contributed by atoms with E-state index in [9.17, 15) is 9.59 Å². The summed E-state index contributed by atoms with van der Waals surface area (Å²) in [6.45, 7) is 3.30. The standard InChI is InChI=1S/C6H10O3.Mg.2H/c1-4(2)5(7)6(8)9-3;;;/h4H,1-3H3;;;. The molecule has 0 saturated heterocycles. The van der Waals surface area contributed by atoms with Crippen LogP contribution in [0.25, 0.3) is 0 Å². The van der Waals surface area contributed by atoms with Crippen LogP contribution in [0.15, 0.2) is 0 Å². The Bertz CT molecular complexity index is 131. The summed E-state index contributed by atoms with van der Waals surface area (Å²) in [5.41, 5.74) is 0. The molecule has 56 valence electrons. The molecule has 0 aromatic heterocycles. The van der Waals surface area contributed by atoms with Crippen LogP contribution < -0.4 is 0 Å². The van der Waals surface area contributed by atoms with Crippen molar-refractivity contribution in [2.24, 2.45) is 5.92 Å². The highest BCUT2D eigenvalue weighted by Gasteiger charge is 2.16. The van der Waals surface area contributed by atoms with Crippen molar-refractivity contribution in [2.45, 2.75) is 13.8 Å². The van der Waals surface area contributed by atoms with Gasteiger partial charge in [-0.05, 0) is 0 Å². The summed E-state index contributed by atoms with van der Waals surface area (Å²) in [5.74, 6) is -1.50. The average Bonchev–Trinajstić information content (AvgIpc) is 1.84. The van der Waals surface area contributed by atoms with E-state index in [4.69, 9.17) is 0 Å². The van der Waals surface area contributed by atoms with Crippen molar-refractivity contribution >= 4 is 34.8 Å². The van der Waals surface area contributed by atoms with Gasteiger partial charge in [0.05, 0.1) is 7.11 Å². The Kier molecular flexibility index (Phi) is 7.13. The molecule has 0 saturated carbocycles. The lowest BCUT2D eigenvalue weighted by atomic mass is 10.1. The van der Waals surface area contributed by atoms with E-state index in [-0.39, 0.29) is 29.0 Å². The molecule has 0 spiro atoms. The molecule has 0 atom stereocenters. The van der Waals surface area contributed by atoms with E-state index in [0.29, 0.717) is 0 Å². The highest BCUT2D eigenvalue weighted by atomic mass is 24.3. The molecule has 0 bridgehead atoms. The Balaban J connectivity index is 0. The second-order valence-corrected chi connectivity index (χ2v) is 2.01. The molecular weight excluding hydrogens is 144 g/mol. The number of rotatable bonds is 2. The quantitative estimate of drug-likeness (QED) is 0.307. The number of carbonyl (C=O) groups is 2. The number of ether oxygens (including phenoxy) is 1. The predicted molar refractivity (Wildman–Crippen MR) is 40.4 cm³/mol. The van der Waals surface area contributed by atoms with Crippen LogP contribution in [0.5, 0.6) is 0 Å². The lowest BCUT2D eigenvalue weighted by molar-refractivity contribution is -0.153. The first-order chi connectivity index (χ1) is 4.09. The van der Waals surface area contributed by atoms with Crippen LogP contribution >= 0.6 is 0 Å². The minimum Gasteiger partial charge on any atom is -0.463 e. The molecule has 10 heavy (non-hydrogen) atoms. The zero-order valence-corrected chi connectivity index (χ0v) is 5.80. The van der Waals surface area contributed by atoms with Gasteiger partial charge in [-0.25, -0.2) is 4.79 Å². The zero-order valence-electron chi connectivity index (χ0n) is 5.80. The Hall–Kier alpha value is -0.0938. The van der Waals surface area contributed by atoms with Crippen LogP contribution in [0.4, 0.5) is 0 Å². The largest absolute Gasteiger partial charge is 0.463 e. The van der Waals surface area contributed by atoms with Gasteiger partial charge in [-0.1, -0.05) is 13.8 Å². The normalized spacial score (nSPS) is 8.40. The van der Waals surface area contributed by atoms with Crippen LogP contribution in [0, 0.1) is 5.92 Å². The van der Waals surface area contributed by atoms with Gasteiger partial charge in [0.1, 0.15) is 0 Å². The molecule has 4 heteroatoms. The zero-order chi connectivity index (χ0) is 7.44. The van der Waals surface area contributed by atoms with E-state index in [1.165, 1.54) is 7.11 Å². The lowest BCUT2D eigenvalue weighted by Crippen LogP contribution is -2.20. The maximum Gasteiger partial charge on any atom is 0.374 e. The van der Waals surface area contributed by atoms with E-state index in [0.717, 1.165) is 0 Å². The van der Waals surface area contributed by atoms with Crippen LogP contribution in [0.2, 0.25) is 0 Å². The van der Waals surface area contributed by atoms with Gasteiger partial charge in [0.15, 0.2) is 0 Å². The number of hydrogen-bond donors (Lipinski definition) is 0. The van der Waals surface area contributed by atoms with Gasteiger partial charge in [-0.2, -0.15) is 0 Å². The molecule has 0 aliphatic carbocycles. The fourth-order valence-corrected chi connectivity index (χ4v) is 0.336. The van der Waals surface area contributed by atoms with Crippen molar-refractivity contribution in [1.82, 2.24) is 0 Å². The molecule has 0 unspecified atom stereocenters. The van der Waals surface area contributed by atoms with Gasteiger partial charge in [0, 0.05) is 5.92 Å². The van der Waals surface area contributed by atoms with E-state index in [1.54, 1.807) is 13.8 Å². The van der Waals surface area contributed by atoms with Crippen molar-refractivity contribution in [3.05, 3.63) is 0 Å². The Morgan fingerprint density at radius 2 is 1.70 bits per heavy atom. The first-order valence-electron chi connectivity index (χ1n) is 2.71. The maximum absolute atomic E-state index is 10.6. The lowest BCUT2D eigenvalue weighted by Gasteiger charge is -1.98. The summed E-state index contributed by atoms with van der Waals surface area (Å²) in [7, 11) is 1.20. The first kappa shape index (κ1) is 12.6. The topological polar surface area (TPSA) is 43.4 Å². The van der Waals surface area contributed by atoms with E-state index >= 15 is 0 Å². The van der Waals surface area contributed by atoms with Crippen LogP contribution in [-0.2, 0) is 14.3 Å². The van der Waals surface area contributed by atoms with Gasteiger partial charge in [0.2, 0.25) is 5.78 Å². The number of hydrogen-bond acceptors (Lipinski definition) is 3. The minimum atomic E-state index is -0.759. The van der Waals surface area contributed by atoms with Crippen LogP contribution in [0.3, 0.4) is 0 Å². The Morgan fingerprint density at radius 1 is 1.30 bits per heavy atom. The molecule has 0 N–H and O–H groups in total. The van der Waals surface area contributed by atoms with Crippen molar-refractivity contribution in [3.63, 3.8) is 0 Å². The number of ketones is 1. The van der Waals surface area contributed by atoms with Gasteiger partial charge in [-0.3, -0.25) is 4.79 Å². The third-order valence-corrected chi connectivity index (χ3v) is 0.911. The molecular formula is C6H12MgO3. The fourth-order valence-electron chi connectivity index (χ4n) is 0.336. The van der Waals surface area contributed by atoms with E-state index in [1.807, 2.05) is 0 Å². The fraction of sp³-hybridized carbons (Fsp3) is 0.667. The Morgan fingerprint density at radius 3 is 1.80 bits per heavy atom. The summed E-state index contributed by atoms with van der Waals surface area (Å²) in [4.78, 5) is 21.0. The molecule has 0 aliphatic rings. The van der Waals surface area contributed by atoms with E-state index in [2.05, 4.69) is 4.74 Å². The molecule has 0 aromatic rings. The van der Waals surface area contributed by atoms with Crippen molar-refractivity contribution in [2.75, 3.05) is 7.11 Å². The van der Waals surface area contributed by atoms with Crippen molar-refractivity contribution in [3.8, 4) is 0 Å². The second kappa shape index (κ2) is 5.67. The number of Topliss-reactive ketones (excluding diaryl/α,β-unsaturated/α-hetero) is 1. The third-order valence-electron chi connectivity index (χ3n) is 0.911. The maximum atomic E-state index is 10.6. The van der Waals surface area contributed by atoms with Gasteiger partial charge < -0.3 is 4.74 Å². The number of carbonyl (C=O) groups excluding carboxylic acids is 2. The van der Waals surface area contributed by atoms with Crippen molar-refractivity contribution < 1.29 is 14.3 Å².